The van der Waals surface area contributed by atoms with Crippen molar-refractivity contribution in [1.82, 2.24) is 5.32 Å². The van der Waals surface area contributed by atoms with Gasteiger partial charge in [-0.25, -0.2) is 0 Å². The predicted molar refractivity (Wildman–Crippen MR) is 91.8 cm³/mol. The van der Waals surface area contributed by atoms with E-state index in [4.69, 9.17) is 9.47 Å². The molecule has 23 heavy (non-hydrogen) atoms. The third kappa shape index (κ3) is 3.96. The van der Waals surface area contributed by atoms with Crippen LogP contribution in [0.25, 0.3) is 0 Å². The molecule has 0 atom stereocenters. The molecule has 0 bridgehead atoms. The maximum absolute atomic E-state index is 11.9. The minimum Gasteiger partial charge on any atom is -0.454 e. The molecule has 2 aromatic carbocycles. The van der Waals surface area contributed by atoms with Gasteiger partial charge in [0.1, 0.15) is 0 Å². The molecule has 0 saturated carbocycles. The Hall–Kier alpha value is -2.21. The van der Waals surface area contributed by atoms with Gasteiger partial charge in [0.2, 0.25) is 12.7 Å². The van der Waals surface area contributed by atoms with Gasteiger partial charge in [-0.15, -0.1) is 0 Å². The summed E-state index contributed by atoms with van der Waals surface area (Å²) in [5.74, 6) is 1.40. The van der Waals surface area contributed by atoms with Crippen molar-refractivity contribution in [2.75, 3.05) is 18.7 Å². The quantitative estimate of drug-likeness (QED) is 0.840. The predicted octanol–water partition coefficient (Wildman–Crippen LogP) is 3.21. The second-order valence-electron chi connectivity index (χ2n) is 5.28. The number of nitrogens with one attached hydrogen (secondary N) is 2. The summed E-state index contributed by atoms with van der Waals surface area (Å²) in [7, 11) is 0. The Morgan fingerprint density at radius 3 is 2.83 bits per heavy atom. The molecule has 0 unspecified atom stereocenters. The monoisotopic (exact) mass is 376 g/mol. The zero-order valence-electron chi connectivity index (χ0n) is 12.7. The molecule has 1 aliphatic rings. The standard InChI is InChI=1S/C17H17BrN2O3/c1-11-6-13(3-4-14(11)18)19-9-17(21)20-8-12-2-5-15-16(7-12)23-10-22-15/h2-7,19H,8-10H2,1H3,(H,20,21). The van der Waals surface area contributed by atoms with E-state index in [0.717, 1.165) is 32.8 Å². The van der Waals surface area contributed by atoms with Crippen LogP contribution in [0.3, 0.4) is 0 Å². The number of fused-ring (bicyclic) bond motifs is 1. The van der Waals surface area contributed by atoms with Gasteiger partial charge in [-0.05, 0) is 48.4 Å². The number of hydrogen-bond donors (Lipinski definition) is 2. The number of carbonyl (C=O) groups excluding carboxylic acids is 1. The van der Waals surface area contributed by atoms with E-state index in [1.54, 1.807) is 0 Å². The van der Waals surface area contributed by atoms with Crippen LogP contribution in [0.4, 0.5) is 5.69 Å². The van der Waals surface area contributed by atoms with Gasteiger partial charge in [0.15, 0.2) is 11.5 Å². The van der Waals surface area contributed by atoms with Gasteiger partial charge in [-0.3, -0.25) is 4.79 Å². The van der Waals surface area contributed by atoms with Crippen molar-refractivity contribution in [2.45, 2.75) is 13.5 Å². The van der Waals surface area contributed by atoms with E-state index in [9.17, 15) is 4.79 Å². The first-order valence-corrected chi connectivity index (χ1v) is 8.06. The van der Waals surface area contributed by atoms with Crippen LogP contribution in [0.1, 0.15) is 11.1 Å². The van der Waals surface area contributed by atoms with Crippen LogP contribution in [0.2, 0.25) is 0 Å². The molecule has 0 spiro atoms. The molecule has 1 heterocycles. The Morgan fingerprint density at radius 2 is 2.00 bits per heavy atom. The molecule has 1 aliphatic heterocycles. The molecule has 2 aromatic rings. The highest BCUT2D eigenvalue weighted by molar-refractivity contribution is 9.10. The number of benzene rings is 2. The maximum Gasteiger partial charge on any atom is 0.239 e. The van der Waals surface area contributed by atoms with Crippen molar-refractivity contribution in [3.8, 4) is 11.5 Å². The number of hydrogen-bond acceptors (Lipinski definition) is 4. The van der Waals surface area contributed by atoms with E-state index in [1.165, 1.54) is 0 Å². The number of carbonyl (C=O) groups is 1. The first-order chi connectivity index (χ1) is 11.1. The van der Waals surface area contributed by atoms with Crippen LogP contribution in [0.15, 0.2) is 40.9 Å². The van der Waals surface area contributed by atoms with Gasteiger partial charge in [-0.2, -0.15) is 0 Å². The van der Waals surface area contributed by atoms with E-state index >= 15 is 0 Å². The minimum absolute atomic E-state index is 0.0664. The van der Waals surface area contributed by atoms with Gasteiger partial charge >= 0.3 is 0 Å². The fraction of sp³-hybridized carbons (Fsp3) is 0.235. The molecule has 120 valence electrons. The number of aryl methyl sites for hydroxylation is 1. The van der Waals surface area contributed by atoms with Crippen LogP contribution >= 0.6 is 15.9 Å². The number of rotatable bonds is 5. The summed E-state index contributed by atoms with van der Waals surface area (Å²) in [6.45, 7) is 2.94. The van der Waals surface area contributed by atoms with Crippen LogP contribution in [-0.4, -0.2) is 19.2 Å². The average Bonchev–Trinajstić information content (AvgIpc) is 3.01. The lowest BCUT2D eigenvalue weighted by molar-refractivity contribution is -0.119. The fourth-order valence-electron chi connectivity index (χ4n) is 2.25. The Morgan fingerprint density at radius 1 is 1.17 bits per heavy atom. The Bertz CT molecular complexity index is 734. The molecule has 2 N–H and O–H groups in total. The number of anilines is 1. The first kappa shape index (κ1) is 15.7. The molecule has 0 aliphatic carbocycles. The largest absolute Gasteiger partial charge is 0.454 e. The van der Waals surface area contributed by atoms with Crippen molar-refractivity contribution in [3.05, 3.63) is 52.0 Å². The van der Waals surface area contributed by atoms with E-state index in [-0.39, 0.29) is 19.2 Å². The number of halogens is 1. The summed E-state index contributed by atoms with van der Waals surface area (Å²) in [5.41, 5.74) is 3.02. The summed E-state index contributed by atoms with van der Waals surface area (Å²) in [6, 6.07) is 11.5. The second-order valence-corrected chi connectivity index (χ2v) is 6.14. The summed E-state index contributed by atoms with van der Waals surface area (Å²) in [5, 5.41) is 5.99. The van der Waals surface area contributed by atoms with Gasteiger partial charge in [0.25, 0.3) is 0 Å². The lowest BCUT2D eigenvalue weighted by Crippen LogP contribution is -2.29. The highest BCUT2D eigenvalue weighted by Gasteiger charge is 2.13. The molecule has 6 heteroatoms. The molecule has 1 amide bonds. The Balaban J connectivity index is 1.48. The third-order valence-electron chi connectivity index (χ3n) is 3.54. The third-order valence-corrected chi connectivity index (χ3v) is 4.43. The average molecular weight is 377 g/mol. The second kappa shape index (κ2) is 6.91. The lowest BCUT2D eigenvalue weighted by Gasteiger charge is -2.09. The van der Waals surface area contributed by atoms with Crippen molar-refractivity contribution >= 4 is 27.5 Å². The molecule has 0 aromatic heterocycles. The zero-order valence-corrected chi connectivity index (χ0v) is 14.3. The van der Waals surface area contributed by atoms with Gasteiger partial charge in [0, 0.05) is 16.7 Å². The smallest absolute Gasteiger partial charge is 0.239 e. The summed E-state index contributed by atoms with van der Waals surface area (Å²) >= 11 is 3.46. The van der Waals surface area contributed by atoms with Crippen molar-refractivity contribution in [1.29, 1.82) is 0 Å². The van der Waals surface area contributed by atoms with Crippen molar-refractivity contribution < 1.29 is 14.3 Å². The van der Waals surface area contributed by atoms with Crippen LogP contribution in [-0.2, 0) is 11.3 Å². The Labute approximate surface area is 143 Å². The summed E-state index contributed by atoms with van der Waals surface area (Å²) < 4.78 is 11.6. The molecule has 0 fully saturated rings. The first-order valence-electron chi connectivity index (χ1n) is 7.27. The molecule has 5 nitrogen and oxygen atoms in total. The number of amides is 1. The topological polar surface area (TPSA) is 59.6 Å². The van der Waals surface area contributed by atoms with Crippen molar-refractivity contribution in [2.24, 2.45) is 0 Å². The zero-order chi connectivity index (χ0) is 16.2. The highest BCUT2D eigenvalue weighted by atomic mass is 79.9. The van der Waals surface area contributed by atoms with E-state index < -0.39 is 0 Å². The van der Waals surface area contributed by atoms with Crippen LogP contribution in [0.5, 0.6) is 11.5 Å². The molecule has 0 radical (unpaired) electrons. The van der Waals surface area contributed by atoms with E-state index in [0.29, 0.717) is 6.54 Å². The van der Waals surface area contributed by atoms with Crippen molar-refractivity contribution in [3.63, 3.8) is 0 Å². The lowest BCUT2D eigenvalue weighted by atomic mass is 10.2. The van der Waals surface area contributed by atoms with E-state index in [2.05, 4.69) is 26.6 Å². The SMILES string of the molecule is Cc1cc(NCC(=O)NCc2ccc3c(c2)OCO3)ccc1Br. The summed E-state index contributed by atoms with van der Waals surface area (Å²) in [4.78, 5) is 11.9. The summed E-state index contributed by atoms with van der Waals surface area (Å²) in [6.07, 6.45) is 0. The number of ether oxygens (including phenoxy) is 2. The van der Waals surface area contributed by atoms with Gasteiger partial charge in [0.05, 0.1) is 6.54 Å². The van der Waals surface area contributed by atoms with Crippen LogP contribution in [0, 0.1) is 6.92 Å². The van der Waals surface area contributed by atoms with Crippen LogP contribution < -0.4 is 20.1 Å². The van der Waals surface area contributed by atoms with E-state index in [1.807, 2.05) is 43.3 Å². The Kier molecular flexibility index (Phi) is 4.71. The molecular formula is C17H17BrN2O3. The fourth-order valence-corrected chi connectivity index (χ4v) is 2.50. The minimum atomic E-state index is -0.0664. The van der Waals surface area contributed by atoms with Gasteiger partial charge < -0.3 is 20.1 Å². The molecule has 3 rings (SSSR count). The molecular weight excluding hydrogens is 360 g/mol. The highest BCUT2D eigenvalue weighted by Crippen LogP contribution is 2.32. The van der Waals surface area contributed by atoms with Gasteiger partial charge in [-0.1, -0.05) is 22.0 Å². The normalized spacial score (nSPS) is 12.1. The molecule has 0 saturated heterocycles. The maximum atomic E-state index is 11.9.